The largest absolute Gasteiger partial charge is 0.389 e. The van der Waals surface area contributed by atoms with Crippen molar-refractivity contribution in [3.8, 4) is 0 Å². The van der Waals surface area contributed by atoms with E-state index in [1.54, 1.807) is 0 Å². The highest BCUT2D eigenvalue weighted by atomic mass is 16.5. The third-order valence-electron chi connectivity index (χ3n) is 4.78. The molecule has 0 aromatic rings. The zero-order valence-corrected chi connectivity index (χ0v) is 12.5. The summed E-state index contributed by atoms with van der Waals surface area (Å²) in [5.41, 5.74) is -0.480. The molecule has 0 aromatic heterocycles. The number of aliphatic hydroxyl groups is 1. The number of morpholine rings is 1. The van der Waals surface area contributed by atoms with E-state index in [9.17, 15) is 5.11 Å². The van der Waals surface area contributed by atoms with Crippen LogP contribution in [0.5, 0.6) is 0 Å². The predicted molar refractivity (Wildman–Crippen MR) is 77.3 cm³/mol. The lowest BCUT2D eigenvalue weighted by molar-refractivity contribution is -0.0311. The van der Waals surface area contributed by atoms with Crippen molar-refractivity contribution in [1.82, 2.24) is 10.2 Å². The van der Waals surface area contributed by atoms with Crippen LogP contribution in [0.25, 0.3) is 0 Å². The molecule has 1 aliphatic heterocycles. The molecule has 0 radical (unpaired) electrons. The number of nitrogens with one attached hydrogen (secondary N) is 1. The fourth-order valence-electron chi connectivity index (χ4n) is 3.26. The predicted octanol–water partition coefficient (Wildman–Crippen LogP) is 1.24. The van der Waals surface area contributed by atoms with Crippen molar-refractivity contribution in [2.45, 2.75) is 50.7 Å². The lowest BCUT2D eigenvalue weighted by atomic mass is 9.78. The normalized spacial score (nSPS) is 37.4. The maximum Gasteiger partial charge on any atom is 0.0826 e. The third-order valence-corrected chi connectivity index (χ3v) is 4.78. The Bertz CT molecular complexity index is 265. The Morgan fingerprint density at radius 2 is 2.11 bits per heavy atom. The van der Waals surface area contributed by atoms with Gasteiger partial charge in [-0.3, -0.25) is 0 Å². The highest BCUT2D eigenvalue weighted by Gasteiger charge is 2.32. The van der Waals surface area contributed by atoms with Gasteiger partial charge < -0.3 is 20.1 Å². The number of ether oxygens (including phenoxy) is 1. The number of nitrogens with zero attached hydrogens (tertiary/aromatic N) is 1. The van der Waals surface area contributed by atoms with Crippen LogP contribution in [0.3, 0.4) is 0 Å². The molecule has 2 aliphatic rings. The zero-order chi connectivity index (χ0) is 13.7. The average molecular weight is 270 g/mol. The van der Waals surface area contributed by atoms with Crippen LogP contribution in [0.2, 0.25) is 0 Å². The Morgan fingerprint density at radius 3 is 2.74 bits per heavy atom. The number of rotatable bonds is 5. The van der Waals surface area contributed by atoms with Crippen LogP contribution in [-0.2, 0) is 4.74 Å². The highest BCUT2D eigenvalue weighted by molar-refractivity contribution is 4.87. The maximum absolute atomic E-state index is 10.6. The highest BCUT2D eigenvalue weighted by Crippen LogP contribution is 2.33. The van der Waals surface area contributed by atoms with Gasteiger partial charge in [0.2, 0.25) is 0 Å². The second-order valence-electron chi connectivity index (χ2n) is 6.46. The minimum absolute atomic E-state index is 0.273. The number of hydrogen-bond donors (Lipinski definition) is 2. The van der Waals surface area contributed by atoms with Gasteiger partial charge in [0.25, 0.3) is 0 Å². The second-order valence-corrected chi connectivity index (χ2v) is 6.46. The molecule has 112 valence electrons. The van der Waals surface area contributed by atoms with Gasteiger partial charge in [-0.05, 0) is 38.6 Å². The molecule has 4 nitrogen and oxygen atoms in total. The Hall–Kier alpha value is -0.160. The van der Waals surface area contributed by atoms with Gasteiger partial charge >= 0.3 is 0 Å². The summed E-state index contributed by atoms with van der Waals surface area (Å²) in [7, 11) is 2.13. The molecule has 1 atom stereocenters. The van der Waals surface area contributed by atoms with Crippen LogP contribution in [0.1, 0.15) is 39.0 Å². The smallest absolute Gasteiger partial charge is 0.0826 e. The molecule has 0 amide bonds. The topological polar surface area (TPSA) is 44.7 Å². The first-order chi connectivity index (χ1) is 9.11. The average Bonchev–Trinajstić information content (AvgIpc) is 2.40. The fraction of sp³-hybridized carbons (Fsp3) is 1.00. The molecule has 0 aromatic carbocycles. The van der Waals surface area contributed by atoms with Gasteiger partial charge in [-0.1, -0.05) is 13.3 Å². The molecule has 1 heterocycles. The van der Waals surface area contributed by atoms with Gasteiger partial charge in [-0.15, -0.1) is 0 Å². The van der Waals surface area contributed by atoms with E-state index in [-0.39, 0.29) is 6.10 Å². The van der Waals surface area contributed by atoms with Crippen LogP contribution >= 0.6 is 0 Å². The van der Waals surface area contributed by atoms with Crippen LogP contribution < -0.4 is 5.32 Å². The summed E-state index contributed by atoms with van der Waals surface area (Å²) in [5.74, 6) is 0.829. The van der Waals surface area contributed by atoms with Crippen LogP contribution in [-0.4, -0.2) is 61.5 Å². The number of likely N-dealkylation sites (N-methyl/N-ethyl adjacent to an activating group) is 1. The Labute approximate surface area is 117 Å². The van der Waals surface area contributed by atoms with Gasteiger partial charge in [0.1, 0.15) is 0 Å². The first-order valence-corrected chi connectivity index (χ1v) is 7.84. The van der Waals surface area contributed by atoms with Crippen LogP contribution in [0, 0.1) is 5.92 Å². The maximum atomic E-state index is 10.6. The first kappa shape index (κ1) is 15.2. The van der Waals surface area contributed by atoms with E-state index >= 15 is 0 Å². The molecule has 1 unspecified atom stereocenters. The third kappa shape index (κ3) is 4.71. The Kier molecular flexibility index (Phi) is 5.63. The van der Waals surface area contributed by atoms with E-state index in [0.29, 0.717) is 6.54 Å². The monoisotopic (exact) mass is 270 g/mol. The second kappa shape index (κ2) is 7.02. The molecule has 19 heavy (non-hydrogen) atoms. The van der Waals surface area contributed by atoms with Gasteiger partial charge in [-0.25, -0.2) is 0 Å². The Balaban J connectivity index is 1.65. The Morgan fingerprint density at radius 1 is 1.37 bits per heavy atom. The molecule has 4 heteroatoms. The quantitative estimate of drug-likeness (QED) is 0.789. The molecule has 2 rings (SSSR count). The van der Waals surface area contributed by atoms with Crippen LogP contribution in [0.4, 0.5) is 0 Å². The minimum atomic E-state index is -0.480. The summed E-state index contributed by atoms with van der Waals surface area (Å²) in [5, 5.41) is 14.0. The lowest BCUT2D eigenvalue weighted by Gasteiger charge is -2.37. The summed E-state index contributed by atoms with van der Waals surface area (Å²) >= 11 is 0. The minimum Gasteiger partial charge on any atom is -0.389 e. The lowest BCUT2D eigenvalue weighted by Crippen LogP contribution is -2.49. The molecule has 0 bridgehead atoms. The standard InChI is InChI=1S/C15H30N2O2/c1-3-13-4-6-15(18,7-5-13)12-16-10-14-11-17(2)8-9-19-14/h13-14,16,18H,3-12H2,1-2H3. The summed E-state index contributed by atoms with van der Waals surface area (Å²) in [6.07, 6.45) is 5.78. The van der Waals surface area contributed by atoms with Crippen molar-refractivity contribution >= 4 is 0 Å². The van der Waals surface area contributed by atoms with E-state index in [4.69, 9.17) is 4.74 Å². The van der Waals surface area contributed by atoms with Crippen molar-refractivity contribution in [1.29, 1.82) is 0 Å². The van der Waals surface area contributed by atoms with E-state index in [2.05, 4.69) is 24.2 Å². The first-order valence-electron chi connectivity index (χ1n) is 7.84. The van der Waals surface area contributed by atoms with Crippen molar-refractivity contribution in [3.05, 3.63) is 0 Å². The molecule has 1 saturated carbocycles. The molecule has 2 N–H and O–H groups in total. The SMILES string of the molecule is CCC1CCC(O)(CNCC2CN(C)CCO2)CC1. The van der Waals surface area contributed by atoms with Gasteiger partial charge in [-0.2, -0.15) is 0 Å². The molecule has 1 saturated heterocycles. The van der Waals surface area contributed by atoms with E-state index in [1.807, 2.05) is 0 Å². The summed E-state index contributed by atoms with van der Waals surface area (Å²) in [6, 6.07) is 0. The van der Waals surface area contributed by atoms with Crippen molar-refractivity contribution in [3.63, 3.8) is 0 Å². The van der Waals surface area contributed by atoms with Crippen molar-refractivity contribution < 1.29 is 9.84 Å². The molecule has 0 spiro atoms. The van der Waals surface area contributed by atoms with E-state index in [0.717, 1.165) is 45.0 Å². The van der Waals surface area contributed by atoms with Gasteiger partial charge in [0.05, 0.1) is 18.3 Å². The van der Waals surface area contributed by atoms with E-state index < -0.39 is 5.60 Å². The fourth-order valence-corrected chi connectivity index (χ4v) is 3.26. The summed E-state index contributed by atoms with van der Waals surface area (Å²) < 4.78 is 5.72. The molecule has 2 fully saturated rings. The van der Waals surface area contributed by atoms with Gasteiger partial charge in [0, 0.05) is 26.2 Å². The molecule has 1 aliphatic carbocycles. The molecular formula is C15H30N2O2. The molecular weight excluding hydrogens is 240 g/mol. The van der Waals surface area contributed by atoms with Crippen molar-refractivity contribution in [2.24, 2.45) is 5.92 Å². The van der Waals surface area contributed by atoms with Gasteiger partial charge in [0.15, 0.2) is 0 Å². The zero-order valence-electron chi connectivity index (χ0n) is 12.5. The van der Waals surface area contributed by atoms with E-state index in [1.165, 1.54) is 19.3 Å². The number of hydrogen-bond acceptors (Lipinski definition) is 4. The van der Waals surface area contributed by atoms with Crippen LogP contribution in [0.15, 0.2) is 0 Å². The van der Waals surface area contributed by atoms with Crippen molar-refractivity contribution in [2.75, 3.05) is 39.8 Å². The summed E-state index contributed by atoms with van der Waals surface area (Å²) in [4.78, 5) is 2.30. The summed E-state index contributed by atoms with van der Waals surface area (Å²) in [6.45, 7) is 6.66.